The zero-order valence-electron chi connectivity index (χ0n) is 9.20. The quantitative estimate of drug-likeness (QED) is 0.840. The molecule has 1 heterocycles. The van der Waals surface area contributed by atoms with Crippen LogP contribution >= 0.6 is 24.2 Å². The molecule has 1 aliphatic heterocycles. The van der Waals surface area contributed by atoms with Crippen LogP contribution in [0.25, 0.3) is 0 Å². The second-order valence-corrected chi connectivity index (χ2v) is 5.05. The van der Waals surface area contributed by atoms with Gasteiger partial charge in [0.05, 0.1) is 5.02 Å². The van der Waals surface area contributed by atoms with E-state index in [9.17, 15) is 9.18 Å². The third kappa shape index (κ3) is 2.93. The van der Waals surface area contributed by atoms with Crippen LogP contribution in [0.1, 0.15) is 12.0 Å². The highest BCUT2D eigenvalue weighted by Gasteiger charge is 2.28. The van der Waals surface area contributed by atoms with Gasteiger partial charge in [0, 0.05) is 19.5 Å². The minimum Gasteiger partial charge on any atom is -0.338 e. The number of rotatable bonds is 3. The van der Waals surface area contributed by atoms with E-state index in [4.69, 9.17) is 11.6 Å². The summed E-state index contributed by atoms with van der Waals surface area (Å²) in [4.78, 5) is 13.5. The molecule has 1 atom stereocenters. The predicted molar refractivity (Wildman–Crippen MR) is 68.8 cm³/mol. The number of nitrogens with zero attached hydrogens (tertiary/aromatic N) is 1. The van der Waals surface area contributed by atoms with E-state index in [0.29, 0.717) is 24.6 Å². The summed E-state index contributed by atoms with van der Waals surface area (Å²) in [5.41, 5.74) is 0.851. The lowest BCUT2D eigenvalue weighted by Crippen LogP contribution is -2.24. The third-order valence-corrected chi connectivity index (χ3v) is 3.72. The number of halogens is 2. The fourth-order valence-electron chi connectivity index (χ4n) is 1.99. The first-order chi connectivity index (χ1) is 8.10. The van der Waals surface area contributed by atoms with Crippen molar-refractivity contribution < 1.29 is 9.18 Å². The highest BCUT2D eigenvalue weighted by Crippen LogP contribution is 2.23. The van der Waals surface area contributed by atoms with Gasteiger partial charge in [-0.15, -0.1) is 0 Å². The molecule has 1 amide bonds. The highest BCUT2D eigenvalue weighted by atomic mass is 35.5. The number of thiol groups is 1. The summed E-state index contributed by atoms with van der Waals surface area (Å²) >= 11 is 9.90. The fourth-order valence-corrected chi connectivity index (χ4v) is 2.44. The summed E-state index contributed by atoms with van der Waals surface area (Å²) in [6.45, 7) is 1.21. The lowest BCUT2D eigenvalue weighted by Gasteiger charge is -2.16. The molecule has 5 heteroatoms. The van der Waals surface area contributed by atoms with Gasteiger partial charge in [-0.3, -0.25) is 4.79 Å². The van der Waals surface area contributed by atoms with Crippen molar-refractivity contribution in [1.29, 1.82) is 0 Å². The number of likely N-dealkylation sites (tertiary alicyclic amines) is 1. The first-order valence-corrected chi connectivity index (χ1v) is 6.43. The Morgan fingerprint density at radius 2 is 2.29 bits per heavy atom. The minimum absolute atomic E-state index is 0.0971. The molecule has 0 radical (unpaired) electrons. The molecular formula is C12H13ClFNOS. The molecular weight excluding hydrogens is 261 g/mol. The van der Waals surface area contributed by atoms with Crippen molar-refractivity contribution in [3.05, 3.63) is 34.6 Å². The first-order valence-electron chi connectivity index (χ1n) is 5.42. The maximum atomic E-state index is 13.0. The van der Waals surface area contributed by atoms with Crippen molar-refractivity contribution >= 4 is 30.1 Å². The molecule has 0 aromatic heterocycles. The predicted octanol–water partition coefficient (Wildman–Crippen LogP) is 2.76. The van der Waals surface area contributed by atoms with Crippen LogP contribution in [0.2, 0.25) is 5.02 Å². The average molecular weight is 274 g/mol. The SMILES string of the molecule is O=C1CC(CS)CN1Cc1ccc(F)c(Cl)c1. The molecule has 2 rings (SSSR count). The van der Waals surface area contributed by atoms with Crippen LogP contribution in [0.4, 0.5) is 4.39 Å². The topological polar surface area (TPSA) is 20.3 Å². The molecule has 1 fully saturated rings. The van der Waals surface area contributed by atoms with Crippen molar-refractivity contribution in [2.75, 3.05) is 12.3 Å². The smallest absolute Gasteiger partial charge is 0.223 e. The van der Waals surface area contributed by atoms with Crippen LogP contribution in [0.3, 0.4) is 0 Å². The van der Waals surface area contributed by atoms with E-state index in [-0.39, 0.29) is 10.9 Å². The van der Waals surface area contributed by atoms with E-state index in [2.05, 4.69) is 12.6 Å². The number of benzene rings is 1. The van der Waals surface area contributed by atoms with Gasteiger partial charge in [0.1, 0.15) is 5.82 Å². The zero-order valence-corrected chi connectivity index (χ0v) is 10.8. The van der Waals surface area contributed by atoms with E-state index >= 15 is 0 Å². The number of amides is 1. The number of carbonyl (C=O) groups excluding carboxylic acids is 1. The number of hydrogen-bond donors (Lipinski definition) is 1. The standard InChI is InChI=1S/C12H13ClFNOS/c13-10-3-8(1-2-11(10)14)5-15-6-9(7-17)4-12(15)16/h1-3,9,17H,4-7H2. The van der Waals surface area contributed by atoms with Gasteiger partial charge >= 0.3 is 0 Å². The molecule has 1 aromatic carbocycles. The Morgan fingerprint density at radius 1 is 1.53 bits per heavy atom. The van der Waals surface area contributed by atoms with Crippen LogP contribution in [-0.4, -0.2) is 23.1 Å². The average Bonchev–Trinajstić information content (AvgIpc) is 2.65. The van der Waals surface area contributed by atoms with Gasteiger partial charge in [-0.05, 0) is 29.4 Å². The van der Waals surface area contributed by atoms with Crippen molar-refractivity contribution in [1.82, 2.24) is 4.90 Å². The van der Waals surface area contributed by atoms with Crippen molar-refractivity contribution in [2.24, 2.45) is 5.92 Å². The molecule has 0 bridgehead atoms. The Morgan fingerprint density at radius 3 is 2.88 bits per heavy atom. The summed E-state index contributed by atoms with van der Waals surface area (Å²) < 4.78 is 13.0. The highest BCUT2D eigenvalue weighted by molar-refractivity contribution is 7.80. The molecule has 1 aromatic rings. The molecule has 0 N–H and O–H groups in total. The molecule has 1 saturated heterocycles. The van der Waals surface area contributed by atoms with Gasteiger partial charge in [-0.25, -0.2) is 4.39 Å². The van der Waals surface area contributed by atoms with Gasteiger partial charge in [-0.2, -0.15) is 12.6 Å². The number of hydrogen-bond acceptors (Lipinski definition) is 2. The van der Waals surface area contributed by atoms with Gasteiger partial charge in [0.15, 0.2) is 0 Å². The van der Waals surface area contributed by atoms with Crippen LogP contribution in [-0.2, 0) is 11.3 Å². The van der Waals surface area contributed by atoms with E-state index < -0.39 is 5.82 Å². The molecule has 1 aliphatic rings. The maximum absolute atomic E-state index is 13.0. The van der Waals surface area contributed by atoms with Gasteiger partial charge < -0.3 is 4.90 Å². The van der Waals surface area contributed by atoms with E-state index in [1.165, 1.54) is 6.07 Å². The summed E-state index contributed by atoms with van der Waals surface area (Å²) in [6, 6.07) is 4.55. The van der Waals surface area contributed by atoms with Crippen molar-refractivity contribution in [3.63, 3.8) is 0 Å². The molecule has 92 valence electrons. The molecule has 2 nitrogen and oxygen atoms in total. The largest absolute Gasteiger partial charge is 0.338 e. The molecule has 17 heavy (non-hydrogen) atoms. The van der Waals surface area contributed by atoms with Crippen LogP contribution in [0.5, 0.6) is 0 Å². The van der Waals surface area contributed by atoms with E-state index in [0.717, 1.165) is 12.1 Å². The van der Waals surface area contributed by atoms with Crippen LogP contribution in [0.15, 0.2) is 18.2 Å². The molecule has 1 unspecified atom stereocenters. The van der Waals surface area contributed by atoms with Crippen molar-refractivity contribution in [2.45, 2.75) is 13.0 Å². The first kappa shape index (κ1) is 12.7. The summed E-state index contributed by atoms with van der Waals surface area (Å²) in [7, 11) is 0. The zero-order chi connectivity index (χ0) is 12.4. The third-order valence-electron chi connectivity index (χ3n) is 2.91. The molecule has 0 saturated carbocycles. The summed E-state index contributed by atoms with van der Waals surface area (Å²) in [5.74, 6) is 0.731. The minimum atomic E-state index is -0.434. The monoisotopic (exact) mass is 273 g/mol. The number of carbonyl (C=O) groups is 1. The Hall–Kier alpha value is -0.740. The van der Waals surface area contributed by atoms with E-state index in [1.807, 2.05) is 0 Å². The van der Waals surface area contributed by atoms with Crippen LogP contribution < -0.4 is 0 Å². The van der Waals surface area contributed by atoms with Gasteiger partial charge in [0.2, 0.25) is 5.91 Å². The second kappa shape index (κ2) is 5.27. The lowest BCUT2D eigenvalue weighted by atomic mass is 10.1. The molecule has 0 spiro atoms. The lowest BCUT2D eigenvalue weighted by molar-refractivity contribution is -0.128. The summed E-state index contributed by atoms with van der Waals surface area (Å²) in [6.07, 6.45) is 0.554. The Bertz CT molecular complexity index is 441. The fraction of sp³-hybridized carbons (Fsp3) is 0.417. The van der Waals surface area contributed by atoms with Crippen molar-refractivity contribution in [3.8, 4) is 0 Å². The molecule has 0 aliphatic carbocycles. The Balaban J connectivity index is 2.06. The summed E-state index contributed by atoms with van der Waals surface area (Å²) in [5, 5.41) is 0.0971. The Labute approximate surface area is 110 Å². The van der Waals surface area contributed by atoms with E-state index in [1.54, 1.807) is 17.0 Å². The normalized spacial score (nSPS) is 20.1. The Kier molecular flexibility index (Phi) is 3.94. The van der Waals surface area contributed by atoms with Gasteiger partial charge in [-0.1, -0.05) is 17.7 Å². The van der Waals surface area contributed by atoms with Crippen LogP contribution in [0, 0.1) is 11.7 Å². The second-order valence-electron chi connectivity index (χ2n) is 4.28. The maximum Gasteiger partial charge on any atom is 0.223 e. The van der Waals surface area contributed by atoms with Gasteiger partial charge in [0.25, 0.3) is 0 Å².